The quantitative estimate of drug-likeness (QED) is 0.735. The van der Waals surface area contributed by atoms with Crippen LogP contribution in [0.25, 0.3) is 0 Å². The minimum Gasteiger partial charge on any atom is -0.313 e. The SMILES string of the molecule is CCCNCc1ccc(Sc2n[nH]c(=O)n2CC)c(Br)c1. The molecule has 2 rings (SSSR count). The molecular weight excluding hydrogens is 352 g/mol. The van der Waals surface area contributed by atoms with Crippen LogP contribution in [0.5, 0.6) is 0 Å². The maximum atomic E-state index is 11.6. The highest BCUT2D eigenvalue weighted by molar-refractivity contribution is 9.10. The van der Waals surface area contributed by atoms with Crippen molar-refractivity contribution in [2.75, 3.05) is 6.54 Å². The Kier molecular flexibility index (Phi) is 6.08. The number of nitrogens with zero attached hydrogens (tertiary/aromatic N) is 2. The lowest BCUT2D eigenvalue weighted by Gasteiger charge is -2.08. The zero-order valence-corrected chi connectivity index (χ0v) is 14.6. The van der Waals surface area contributed by atoms with E-state index in [-0.39, 0.29) is 5.69 Å². The van der Waals surface area contributed by atoms with E-state index >= 15 is 0 Å². The Morgan fingerprint density at radius 3 is 2.90 bits per heavy atom. The lowest BCUT2D eigenvalue weighted by atomic mass is 10.2. The zero-order valence-electron chi connectivity index (χ0n) is 12.1. The van der Waals surface area contributed by atoms with Crippen molar-refractivity contribution in [3.05, 3.63) is 38.7 Å². The minimum atomic E-state index is -0.170. The van der Waals surface area contributed by atoms with Crippen molar-refractivity contribution in [2.45, 2.75) is 43.4 Å². The molecule has 0 atom stereocenters. The first-order valence-electron chi connectivity index (χ1n) is 6.97. The molecule has 0 spiro atoms. The molecule has 0 saturated carbocycles. The van der Waals surface area contributed by atoms with Crippen LogP contribution >= 0.6 is 27.7 Å². The van der Waals surface area contributed by atoms with Crippen LogP contribution in [0.1, 0.15) is 25.8 Å². The van der Waals surface area contributed by atoms with Gasteiger partial charge in [0.1, 0.15) is 0 Å². The predicted molar refractivity (Wildman–Crippen MR) is 88.8 cm³/mol. The first-order valence-corrected chi connectivity index (χ1v) is 8.58. The summed E-state index contributed by atoms with van der Waals surface area (Å²) < 4.78 is 2.63. The fraction of sp³-hybridized carbons (Fsp3) is 0.429. The molecule has 0 aliphatic rings. The number of halogens is 1. The van der Waals surface area contributed by atoms with Gasteiger partial charge in [-0.15, -0.1) is 5.10 Å². The van der Waals surface area contributed by atoms with E-state index in [0.29, 0.717) is 11.7 Å². The van der Waals surface area contributed by atoms with Gasteiger partial charge >= 0.3 is 5.69 Å². The van der Waals surface area contributed by atoms with Crippen LogP contribution in [0.15, 0.2) is 37.5 Å². The van der Waals surface area contributed by atoms with Gasteiger partial charge in [-0.05, 0) is 65.3 Å². The van der Waals surface area contributed by atoms with Crippen LogP contribution in [0.2, 0.25) is 0 Å². The van der Waals surface area contributed by atoms with Crippen LogP contribution < -0.4 is 11.0 Å². The van der Waals surface area contributed by atoms with Gasteiger partial charge in [0.2, 0.25) is 0 Å². The third-order valence-corrected chi connectivity index (χ3v) is 4.98. The molecule has 0 saturated heterocycles. The third kappa shape index (κ3) is 4.21. The number of H-pyrrole nitrogens is 1. The van der Waals surface area contributed by atoms with Gasteiger partial charge < -0.3 is 5.32 Å². The Labute approximate surface area is 136 Å². The fourth-order valence-corrected chi connectivity index (χ4v) is 3.48. The van der Waals surface area contributed by atoms with E-state index in [4.69, 9.17) is 0 Å². The van der Waals surface area contributed by atoms with Gasteiger partial charge in [-0.1, -0.05) is 13.0 Å². The van der Waals surface area contributed by atoms with Crippen molar-refractivity contribution in [2.24, 2.45) is 0 Å². The normalized spacial score (nSPS) is 11.0. The van der Waals surface area contributed by atoms with Crippen molar-refractivity contribution < 1.29 is 0 Å². The lowest BCUT2D eigenvalue weighted by molar-refractivity contribution is 0.660. The van der Waals surface area contributed by atoms with Crippen LogP contribution in [0, 0.1) is 0 Å². The Morgan fingerprint density at radius 1 is 1.43 bits per heavy atom. The molecule has 0 aliphatic heterocycles. The number of aromatic amines is 1. The number of hydrogen-bond acceptors (Lipinski definition) is 4. The summed E-state index contributed by atoms with van der Waals surface area (Å²) in [6.45, 7) is 6.57. The lowest BCUT2D eigenvalue weighted by Crippen LogP contribution is -2.16. The summed E-state index contributed by atoms with van der Waals surface area (Å²) in [6.07, 6.45) is 1.13. The summed E-state index contributed by atoms with van der Waals surface area (Å²) in [4.78, 5) is 12.6. The molecule has 7 heteroatoms. The average molecular weight is 371 g/mol. The van der Waals surface area contributed by atoms with E-state index < -0.39 is 0 Å². The van der Waals surface area contributed by atoms with Crippen molar-refractivity contribution in [1.29, 1.82) is 0 Å². The van der Waals surface area contributed by atoms with Gasteiger partial charge in [-0.2, -0.15) is 0 Å². The largest absolute Gasteiger partial charge is 0.343 e. The molecule has 2 aromatic rings. The highest BCUT2D eigenvalue weighted by atomic mass is 79.9. The fourth-order valence-electron chi connectivity index (χ4n) is 1.90. The molecular formula is C14H19BrN4OS. The third-order valence-electron chi connectivity index (χ3n) is 2.99. The maximum Gasteiger partial charge on any atom is 0.343 e. The molecule has 0 radical (unpaired) electrons. The smallest absolute Gasteiger partial charge is 0.313 e. The summed E-state index contributed by atoms with van der Waals surface area (Å²) in [7, 11) is 0. The van der Waals surface area contributed by atoms with Crippen LogP contribution in [0.4, 0.5) is 0 Å². The van der Waals surface area contributed by atoms with Crippen molar-refractivity contribution in [3.63, 3.8) is 0 Å². The highest BCUT2D eigenvalue weighted by Crippen LogP contribution is 2.32. The molecule has 0 aliphatic carbocycles. The molecule has 114 valence electrons. The first kappa shape index (κ1) is 16.3. The molecule has 5 nitrogen and oxygen atoms in total. The summed E-state index contributed by atoms with van der Waals surface area (Å²) in [5.41, 5.74) is 1.06. The van der Waals surface area contributed by atoms with E-state index in [1.807, 2.05) is 6.92 Å². The number of hydrogen-bond donors (Lipinski definition) is 2. The number of nitrogens with one attached hydrogen (secondary N) is 2. The van der Waals surface area contributed by atoms with E-state index in [1.165, 1.54) is 17.3 Å². The topological polar surface area (TPSA) is 62.7 Å². The Morgan fingerprint density at radius 2 is 2.24 bits per heavy atom. The van der Waals surface area contributed by atoms with Crippen molar-refractivity contribution in [1.82, 2.24) is 20.1 Å². The van der Waals surface area contributed by atoms with Gasteiger partial charge in [0.25, 0.3) is 0 Å². The highest BCUT2D eigenvalue weighted by Gasteiger charge is 2.10. The summed E-state index contributed by atoms with van der Waals surface area (Å²) in [6, 6.07) is 6.25. The second-order valence-corrected chi connectivity index (χ2v) is 6.46. The Hall–Kier alpha value is -1.05. The Bertz CT molecular complexity index is 653. The monoisotopic (exact) mass is 370 g/mol. The zero-order chi connectivity index (χ0) is 15.2. The van der Waals surface area contributed by atoms with E-state index in [1.54, 1.807) is 4.57 Å². The van der Waals surface area contributed by atoms with Gasteiger partial charge in [-0.3, -0.25) is 4.57 Å². The van der Waals surface area contributed by atoms with Crippen LogP contribution in [-0.4, -0.2) is 21.3 Å². The maximum absolute atomic E-state index is 11.6. The van der Waals surface area contributed by atoms with Crippen molar-refractivity contribution in [3.8, 4) is 0 Å². The van der Waals surface area contributed by atoms with Gasteiger partial charge in [0.15, 0.2) is 5.16 Å². The molecule has 2 N–H and O–H groups in total. The molecule has 1 heterocycles. The second kappa shape index (κ2) is 7.82. The summed E-state index contributed by atoms with van der Waals surface area (Å²) >= 11 is 5.07. The van der Waals surface area contributed by atoms with E-state index in [0.717, 1.165) is 28.9 Å². The van der Waals surface area contributed by atoms with E-state index in [9.17, 15) is 4.79 Å². The number of aromatic nitrogens is 3. The molecule has 0 fully saturated rings. The molecule has 21 heavy (non-hydrogen) atoms. The van der Waals surface area contributed by atoms with Crippen molar-refractivity contribution >= 4 is 27.7 Å². The predicted octanol–water partition coefficient (Wildman–Crippen LogP) is 3.00. The standard InChI is InChI=1S/C14H19BrN4OS/c1-3-7-16-9-10-5-6-12(11(15)8-10)21-14-18-17-13(20)19(14)4-2/h5-6,8,16H,3-4,7,9H2,1-2H3,(H,17,20). The number of benzene rings is 1. The minimum absolute atomic E-state index is 0.170. The molecule has 0 bridgehead atoms. The van der Waals surface area contributed by atoms with E-state index in [2.05, 4.69) is 56.6 Å². The molecule has 1 aromatic carbocycles. The van der Waals surface area contributed by atoms with Gasteiger partial charge in [0.05, 0.1) is 0 Å². The summed E-state index contributed by atoms with van der Waals surface area (Å²) in [5.74, 6) is 0. The molecule has 0 unspecified atom stereocenters. The average Bonchev–Trinajstić information content (AvgIpc) is 2.82. The molecule has 0 amide bonds. The van der Waals surface area contributed by atoms with Gasteiger partial charge in [-0.25, -0.2) is 9.89 Å². The van der Waals surface area contributed by atoms with Crippen LogP contribution in [-0.2, 0) is 13.1 Å². The van der Waals surface area contributed by atoms with Gasteiger partial charge in [0, 0.05) is 22.5 Å². The molecule has 1 aromatic heterocycles. The van der Waals surface area contributed by atoms with Crippen LogP contribution in [0.3, 0.4) is 0 Å². The first-order chi connectivity index (χ1) is 10.2. The summed E-state index contributed by atoms with van der Waals surface area (Å²) in [5, 5.41) is 10.6. The Balaban J connectivity index is 2.12. The second-order valence-electron chi connectivity index (χ2n) is 4.60. The number of rotatable bonds is 7.